The number of methoxy groups -OCH3 is 1. The second-order valence-corrected chi connectivity index (χ2v) is 7.40. The Kier molecular flexibility index (Phi) is 6.09. The number of aromatic nitrogens is 5. The standard InChI is InChI=1S/C23H24FN5O/c1-15-9-20-18(14-28-23(20)27-11-15)10-17-4-6-19(29-22(17)24)5-3-16-12-25-21(26-13-16)7-8-30-2/h4,6,9,11-14H,3,5,7-8,10H2,1-2H3,(H,27,28). The van der Waals surface area contributed by atoms with E-state index in [1.165, 1.54) is 0 Å². The molecule has 0 aliphatic heterocycles. The van der Waals surface area contributed by atoms with Gasteiger partial charge in [-0.15, -0.1) is 0 Å². The Bertz CT molecular complexity index is 1140. The van der Waals surface area contributed by atoms with Gasteiger partial charge in [0, 0.05) is 61.4 Å². The Hall–Kier alpha value is -3.19. The summed E-state index contributed by atoms with van der Waals surface area (Å²) in [5, 5.41) is 1.02. The fourth-order valence-corrected chi connectivity index (χ4v) is 3.39. The number of pyridine rings is 2. The van der Waals surface area contributed by atoms with Crippen molar-refractivity contribution in [1.29, 1.82) is 0 Å². The minimum absolute atomic E-state index is 0.423. The number of H-pyrrole nitrogens is 1. The van der Waals surface area contributed by atoms with E-state index in [1.54, 1.807) is 7.11 Å². The number of hydrogen-bond donors (Lipinski definition) is 1. The van der Waals surface area contributed by atoms with Crippen LogP contribution in [-0.4, -0.2) is 38.6 Å². The maximum absolute atomic E-state index is 14.6. The molecule has 0 amide bonds. The molecule has 4 aromatic rings. The third-order valence-electron chi connectivity index (χ3n) is 5.08. The molecule has 7 heteroatoms. The van der Waals surface area contributed by atoms with Crippen LogP contribution in [0.5, 0.6) is 0 Å². The lowest BCUT2D eigenvalue weighted by Gasteiger charge is -2.06. The highest BCUT2D eigenvalue weighted by Crippen LogP contribution is 2.22. The van der Waals surface area contributed by atoms with Crippen LogP contribution in [0.1, 0.15) is 33.8 Å². The molecular formula is C23H24FN5O. The van der Waals surface area contributed by atoms with Crippen LogP contribution in [-0.2, 0) is 30.4 Å². The van der Waals surface area contributed by atoms with Gasteiger partial charge in [0.2, 0.25) is 5.95 Å². The Morgan fingerprint density at radius 1 is 1.00 bits per heavy atom. The van der Waals surface area contributed by atoms with E-state index >= 15 is 0 Å². The van der Waals surface area contributed by atoms with Crippen LogP contribution in [0.4, 0.5) is 4.39 Å². The number of hydrogen-bond acceptors (Lipinski definition) is 5. The first-order valence-corrected chi connectivity index (χ1v) is 9.98. The Labute approximate surface area is 174 Å². The van der Waals surface area contributed by atoms with Crippen LogP contribution in [0.25, 0.3) is 11.0 Å². The largest absolute Gasteiger partial charge is 0.384 e. The zero-order chi connectivity index (χ0) is 20.9. The molecule has 0 bridgehead atoms. The summed E-state index contributed by atoms with van der Waals surface area (Å²) >= 11 is 0. The molecule has 0 aliphatic rings. The van der Waals surface area contributed by atoms with Gasteiger partial charge in [0.15, 0.2) is 0 Å². The highest BCUT2D eigenvalue weighted by Gasteiger charge is 2.11. The molecule has 0 aliphatic carbocycles. The van der Waals surface area contributed by atoms with E-state index < -0.39 is 5.95 Å². The number of nitrogens with zero attached hydrogens (tertiary/aromatic N) is 4. The normalized spacial score (nSPS) is 11.3. The molecule has 4 rings (SSSR count). The summed E-state index contributed by atoms with van der Waals surface area (Å²) in [6, 6.07) is 5.78. The number of aromatic amines is 1. The zero-order valence-corrected chi connectivity index (χ0v) is 17.2. The molecule has 0 fully saturated rings. The lowest BCUT2D eigenvalue weighted by atomic mass is 10.0. The lowest BCUT2D eigenvalue weighted by molar-refractivity contribution is 0.200. The average molecular weight is 405 g/mol. The highest BCUT2D eigenvalue weighted by atomic mass is 19.1. The summed E-state index contributed by atoms with van der Waals surface area (Å²) < 4.78 is 19.7. The third-order valence-corrected chi connectivity index (χ3v) is 5.08. The summed E-state index contributed by atoms with van der Waals surface area (Å²) in [4.78, 5) is 20.4. The van der Waals surface area contributed by atoms with Crippen molar-refractivity contribution in [2.75, 3.05) is 13.7 Å². The maximum Gasteiger partial charge on any atom is 0.216 e. The van der Waals surface area contributed by atoms with Gasteiger partial charge in [-0.1, -0.05) is 6.07 Å². The van der Waals surface area contributed by atoms with Gasteiger partial charge in [-0.3, -0.25) is 0 Å². The van der Waals surface area contributed by atoms with Crippen molar-refractivity contribution in [3.8, 4) is 0 Å². The topological polar surface area (TPSA) is 76.6 Å². The molecule has 0 spiro atoms. The minimum atomic E-state index is -0.423. The predicted octanol–water partition coefficient (Wildman–Crippen LogP) is 3.76. The van der Waals surface area contributed by atoms with E-state index in [4.69, 9.17) is 4.74 Å². The molecule has 30 heavy (non-hydrogen) atoms. The Morgan fingerprint density at radius 2 is 1.83 bits per heavy atom. The summed E-state index contributed by atoms with van der Waals surface area (Å²) in [6.07, 6.45) is 9.85. The second kappa shape index (κ2) is 9.09. The molecule has 0 aromatic carbocycles. The molecule has 0 radical (unpaired) electrons. The molecule has 154 valence electrons. The number of fused-ring (bicyclic) bond motifs is 1. The van der Waals surface area contributed by atoms with E-state index in [0.29, 0.717) is 37.9 Å². The van der Waals surface area contributed by atoms with Gasteiger partial charge in [0.1, 0.15) is 11.5 Å². The molecule has 0 unspecified atom stereocenters. The number of halogens is 1. The molecule has 0 atom stereocenters. The summed E-state index contributed by atoms with van der Waals surface area (Å²) in [5.74, 6) is 0.338. The average Bonchev–Trinajstić information content (AvgIpc) is 3.15. The van der Waals surface area contributed by atoms with Crippen LogP contribution >= 0.6 is 0 Å². The van der Waals surface area contributed by atoms with Crippen molar-refractivity contribution in [1.82, 2.24) is 24.9 Å². The van der Waals surface area contributed by atoms with Gasteiger partial charge in [-0.05, 0) is 48.6 Å². The van der Waals surface area contributed by atoms with Crippen LogP contribution in [0.3, 0.4) is 0 Å². The molecule has 1 N–H and O–H groups in total. The first-order chi connectivity index (χ1) is 14.6. The predicted molar refractivity (Wildman–Crippen MR) is 113 cm³/mol. The fraction of sp³-hybridized carbons (Fsp3) is 0.304. The third kappa shape index (κ3) is 4.68. The molecule has 6 nitrogen and oxygen atoms in total. The summed E-state index contributed by atoms with van der Waals surface area (Å²) in [6.45, 7) is 2.60. The van der Waals surface area contributed by atoms with Gasteiger partial charge in [-0.25, -0.2) is 19.9 Å². The number of ether oxygens (including phenoxy) is 1. The molecular weight excluding hydrogens is 381 g/mol. The van der Waals surface area contributed by atoms with Crippen molar-refractivity contribution in [2.45, 2.75) is 32.6 Å². The fourth-order valence-electron chi connectivity index (χ4n) is 3.39. The first-order valence-electron chi connectivity index (χ1n) is 9.98. The van der Waals surface area contributed by atoms with Crippen molar-refractivity contribution < 1.29 is 9.13 Å². The second-order valence-electron chi connectivity index (χ2n) is 7.40. The van der Waals surface area contributed by atoms with Crippen molar-refractivity contribution >= 4 is 11.0 Å². The van der Waals surface area contributed by atoms with Gasteiger partial charge in [-0.2, -0.15) is 4.39 Å². The van der Waals surface area contributed by atoms with Crippen LogP contribution < -0.4 is 0 Å². The maximum atomic E-state index is 14.6. The van der Waals surface area contributed by atoms with Crippen LogP contribution in [0.15, 0.2) is 43.0 Å². The number of rotatable bonds is 8. The van der Waals surface area contributed by atoms with Crippen LogP contribution in [0, 0.1) is 12.9 Å². The number of aryl methyl sites for hydroxylation is 3. The van der Waals surface area contributed by atoms with Gasteiger partial charge in [0.05, 0.1) is 6.61 Å². The smallest absolute Gasteiger partial charge is 0.216 e. The van der Waals surface area contributed by atoms with Gasteiger partial charge in [0.25, 0.3) is 0 Å². The summed E-state index contributed by atoms with van der Waals surface area (Å²) in [5.41, 5.74) is 5.21. The number of nitrogens with one attached hydrogen (secondary N) is 1. The first kappa shape index (κ1) is 20.1. The Balaban J connectivity index is 1.41. The van der Waals surface area contributed by atoms with E-state index in [0.717, 1.165) is 39.2 Å². The van der Waals surface area contributed by atoms with Crippen molar-refractivity contribution in [3.05, 3.63) is 82.7 Å². The monoisotopic (exact) mass is 405 g/mol. The molecule has 4 heterocycles. The lowest BCUT2D eigenvalue weighted by Crippen LogP contribution is -2.03. The van der Waals surface area contributed by atoms with E-state index in [2.05, 4.69) is 31.0 Å². The zero-order valence-electron chi connectivity index (χ0n) is 17.2. The summed E-state index contributed by atoms with van der Waals surface area (Å²) in [7, 11) is 1.66. The van der Waals surface area contributed by atoms with Crippen LogP contribution in [0.2, 0.25) is 0 Å². The SMILES string of the molecule is COCCc1ncc(CCc2ccc(Cc3c[nH]c4ncc(C)cc34)c(F)n2)cn1. The van der Waals surface area contributed by atoms with E-state index in [1.807, 2.05) is 43.8 Å². The van der Waals surface area contributed by atoms with E-state index in [9.17, 15) is 4.39 Å². The molecule has 0 saturated heterocycles. The van der Waals surface area contributed by atoms with Crippen molar-refractivity contribution in [2.24, 2.45) is 0 Å². The van der Waals surface area contributed by atoms with Gasteiger partial charge < -0.3 is 9.72 Å². The molecule has 0 saturated carbocycles. The van der Waals surface area contributed by atoms with Gasteiger partial charge >= 0.3 is 0 Å². The molecule has 4 aromatic heterocycles. The minimum Gasteiger partial charge on any atom is -0.384 e. The van der Waals surface area contributed by atoms with E-state index in [-0.39, 0.29) is 0 Å². The quantitative estimate of drug-likeness (QED) is 0.452. The van der Waals surface area contributed by atoms with Crippen molar-refractivity contribution in [3.63, 3.8) is 0 Å². The Morgan fingerprint density at radius 3 is 2.60 bits per heavy atom. The highest BCUT2D eigenvalue weighted by molar-refractivity contribution is 5.80.